The molecule has 2 aromatic carbocycles. The van der Waals surface area contributed by atoms with Crippen molar-refractivity contribution in [3.63, 3.8) is 0 Å². The van der Waals surface area contributed by atoms with E-state index in [1.54, 1.807) is 37.6 Å². The molecule has 7 heteroatoms. The van der Waals surface area contributed by atoms with Crippen LogP contribution in [0.5, 0.6) is 5.75 Å². The Bertz CT molecular complexity index is 1280. The van der Waals surface area contributed by atoms with Crippen molar-refractivity contribution in [1.29, 1.82) is 0 Å². The number of ether oxygens (including phenoxy) is 1. The lowest BCUT2D eigenvalue weighted by Gasteiger charge is -2.28. The highest BCUT2D eigenvalue weighted by atomic mass is 32.2. The molecular formula is C24H24N2O4S. The van der Waals surface area contributed by atoms with Gasteiger partial charge < -0.3 is 4.74 Å². The molecule has 5 rings (SSSR count). The molecule has 6 nitrogen and oxygen atoms in total. The summed E-state index contributed by atoms with van der Waals surface area (Å²) in [6.07, 6.45) is 6.51. The first-order valence-corrected chi connectivity index (χ1v) is 12.1. The molecule has 0 unspecified atom stereocenters. The van der Waals surface area contributed by atoms with Gasteiger partial charge in [0.25, 0.3) is 10.0 Å². The van der Waals surface area contributed by atoms with Gasteiger partial charge in [0.05, 0.1) is 23.4 Å². The standard InChI is InChI=1S/C24H24N2O4S/c1-30-21-13-12-16(15-5-2-6-15)17-10-11-19(23(17)21)24(27)26-31(28,29)22-9-3-8-20-18(22)7-4-14-25-20/h3-4,7-9,12-15,19H,2,5-6,10-11H2,1H3,(H,26,27)/t19-/m1/s1. The Morgan fingerprint density at radius 3 is 2.68 bits per heavy atom. The number of pyridine rings is 1. The number of rotatable bonds is 5. The first kappa shape index (κ1) is 20.0. The summed E-state index contributed by atoms with van der Waals surface area (Å²) in [6.45, 7) is 0. The minimum Gasteiger partial charge on any atom is -0.496 e. The first-order valence-electron chi connectivity index (χ1n) is 10.6. The van der Waals surface area contributed by atoms with Gasteiger partial charge in [-0.1, -0.05) is 18.6 Å². The molecule has 1 N–H and O–H groups in total. The number of hydrogen-bond donors (Lipinski definition) is 1. The van der Waals surface area contributed by atoms with E-state index in [4.69, 9.17) is 4.74 Å². The van der Waals surface area contributed by atoms with Gasteiger partial charge in [0.2, 0.25) is 5.91 Å². The molecule has 1 saturated carbocycles. The first-order chi connectivity index (χ1) is 15.0. The van der Waals surface area contributed by atoms with Crippen LogP contribution < -0.4 is 9.46 Å². The number of fused-ring (bicyclic) bond motifs is 2. The van der Waals surface area contributed by atoms with Gasteiger partial charge in [-0.15, -0.1) is 0 Å². The van der Waals surface area contributed by atoms with Gasteiger partial charge in [-0.05, 0) is 73.1 Å². The minimum absolute atomic E-state index is 0.0554. The lowest BCUT2D eigenvalue weighted by molar-refractivity contribution is -0.120. The van der Waals surface area contributed by atoms with Crippen LogP contribution in [0.1, 0.15) is 54.2 Å². The zero-order valence-electron chi connectivity index (χ0n) is 17.3. The highest BCUT2D eigenvalue weighted by molar-refractivity contribution is 7.90. The van der Waals surface area contributed by atoms with Crippen LogP contribution in [0, 0.1) is 0 Å². The fourth-order valence-electron chi connectivity index (χ4n) is 4.86. The molecular weight excluding hydrogens is 412 g/mol. The molecule has 0 radical (unpaired) electrons. The zero-order valence-corrected chi connectivity index (χ0v) is 18.1. The molecule has 1 fully saturated rings. The Labute approximate surface area is 181 Å². The number of benzene rings is 2. The molecule has 0 saturated heterocycles. The summed E-state index contributed by atoms with van der Waals surface area (Å²) in [5.74, 6) is 0.132. The van der Waals surface area contributed by atoms with E-state index >= 15 is 0 Å². The van der Waals surface area contributed by atoms with E-state index < -0.39 is 21.8 Å². The maximum Gasteiger partial charge on any atom is 0.264 e. The molecule has 1 aromatic heterocycles. The number of nitrogens with zero attached hydrogens (tertiary/aromatic N) is 1. The molecule has 2 aliphatic carbocycles. The van der Waals surface area contributed by atoms with E-state index in [1.165, 1.54) is 30.9 Å². The maximum absolute atomic E-state index is 13.2. The summed E-state index contributed by atoms with van der Waals surface area (Å²) in [4.78, 5) is 17.5. The zero-order chi connectivity index (χ0) is 21.6. The fourth-order valence-corrected chi connectivity index (χ4v) is 6.10. The summed E-state index contributed by atoms with van der Waals surface area (Å²) in [6, 6.07) is 12.3. The van der Waals surface area contributed by atoms with Gasteiger partial charge in [-0.2, -0.15) is 0 Å². The van der Waals surface area contributed by atoms with Crippen molar-refractivity contribution in [2.75, 3.05) is 7.11 Å². The topological polar surface area (TPSA) is 85.4 Å². The molecule has 1 heterocycles. The molecule has 160 valence electrons. The van der Waals surface area contributed by atoms with Gasteiger partial charge >= 0.3 is 0 Å². The van der Waals surface area contributed by atoms with Gasteiger partial charge in [-0.3, -0.25) is 9.78 Å². The largest absolute Gasteiger partial charge is 0.496 e. The number of aromatic nitrogens is 1. The third-order valence-electron chi connectivity index (χ3n) is 6.60. The van der Waals surface area contributed by atoms with E-state index in [9.17, 15) is 13.2 Å². The third kappa shape index (κ3) is 3.37. The summed E-state index contributed by atoms with van der Waals surface area (Å²) < 4.78 is 34.1. The number of carbonyl (C=O) groups is 1. The second-order valence-electron chi connectivity index (χ2n) is 8.26. The average molecular weight is 437 g/mol. The Hall–Kier alpha value is -2.93. The Morgan fingerprint density at radius 2 is 1.94 bits per heavy atom. The normalized spacial score (nSPS) is 18.4. The summed E-state index contributed by atoms with van der Waals surface area (Å²) in [7, 11) is -2.46. The van der Waals surface area contributed by atoms with Crippen molar-refractivity contribution in [1.82, 2.24) is 9.71 Å². The molecule has 0 bridgehead atoms. The van der Waals surface area contributed by atoms with E-state index in [0.717, 1.165) is 17.5 Å². The lowest BCUT2D eigenvalue weighted by Crippen LogP contribution is -2.34. The Morgan fingerprint density at radius 1 is 1.10 bits per heavy atom. The highest BCUT2D eigenvalue weighted by Crippen LogP contribution is 2.47. The van der Waals surface area contributed by atoms with Crippen LogP contribution in [-0.4, -0.2) is 26.4 Å². The second kappa shape index (κ2) is 7.64. The predicted octanol–water partition coefficient (Wildman–Crippen LogP) is 4.05. The fraction of sp³-hybridized carbons (Fsp3) is 0.333. The quantitative estimate of drug-likeness (QED) is 0.652. The van der Waals surface area contributed by atoms with Gasteiger partial charge in [0, 0.05) is 17.1 Å². The lowest BCUT2D eigenvalue weighted by atomic mass is 9.77. The number of methoxy groups -OCH3 is 1. The van der Waals surface area contributed by atoms with Crippen molar-refractivity contribution < 1.29 is 17.9 Å². The SMILES string of the molecule is COc1ccc(C2CCC2)c2c1[C@H](C(=O)NS(=O)(=O)c1cccc3ncccc13)CC2. The number of amides is 1. The molecule has 0 aliphatic heterocycles. The predicted molar refractivity (Wildman–Crippen MR) is 118 cm³/mol. The van der Waals surface area contributed by atoms with Crippen LogP contribution >= 0.6 is 0 Å². The van der Waals surface area contributed by atoms with Crippen molar-refractivity contribution in [3.05, 3.63) is 65.4 Å². The van der Waals surface area contributed by atoms with Crippen molar-refractivity contribution in [3.8, 4) is 5.75 Å². The molecule has 1 atom stereocenters. The molecule has 31 heavy (non-hydrogen) atoms. The Balaban J connectivity index is 1.49. The summed E-state index contributed by atoms with van der Waals surface area (Å²) in [5, 5.41) is 0.488. The second-order valence-corrected chi connectivity index (χ2v) is 9.92. The van der Waals surface area contributed by atoms with E-state index in [2.05, 4.69) is 15.8 Å². The van der Waals surface area contributed by atoms with Crippen LogP contribution in [0.25, 0.3) is 10.9 Å². The van der Waals surface area contributed by atoms with Crippen LogP contribution in [0.4, 0.5) is 0 Å². The monoisotopic (exact) mass is 436 g/mol. The van der Waals surface area contributed by atoms with Gasteiger partial charge in [0.1, 0.15) is 5.75 Å². The maximum atomic E-state index is 13.2. The van der Waals surface area contributed by atoms with Crippen LogP contribution in [0.3, 0.4) is 0 Å². The average Bonchev–Trinajstić information content (AvgIpc) is 3.18. The number of sulfonamides is 1. The summed E-state index contributed by atoms with van der Waals surface area (Å²) in [5.41, 5.74) is 3.87. The minimum atomic E-state index is -4.05. The number of nitrogens with one attached hydrogen (secondary N) is 1. The number of hydrogen-bond acceptors (Lipinski definition) is 5. The smallest absolute Gasteiger partial charge is 0.264 e. The van der Waals surface area contributed by atoms with Crippen molar-refractivity contribution in [2.24, 2.45) is 0 Å². The molecule has 2 aliphatic rings. The molecule has 1 amide bonds. The third-order valence-corrected chi connectivity index (χ3v) is 8.00. The Kier molecular flexibility index (Phi) is 4.93. The van der Waals surface area contributed by atoms with Crippen molar-refractivity contribution >= 4 is 26.8 Å². The van der Waals surface area contributed by atoms with Crippen LogP contribution in [0.2, 0.25) is 0 Å². The van der Waals surface area contributed by atoms with Crippen molar-refractivity contribution in [2.45, 2.75) is 48.8 Å². The molecule has 0 spiro atoms. The summed E-state index contributed by atoms with van der Waals surface area (Å²) >= 11 is 0. The molecule has 3 aromatic rings. The van der Waals surface area contributed by atoms with Crippen LogP contribution in [-0.2, 0) is 21.2 Å². The van der Waals surface area contributed by atoms with Gasteiger partial charge in [-0.25, -0.2) is 13.1 Å². The number of carbonyl (C=O) groups excluding carboxylic acids is 1. The van der Waals surface area contributed by atoms with E-state index in [0.29, 0.717) is 29.0 Å². The van der Waals surface area contributed by atoms with E-state index in [-0.39, 0.29) is 4.90 Å². The highest BCUT2D eigenvalue weighted by Gasteiger charge is 2.37. The van der Waals surface area contributed by atoms with Gasteiger partial charge in [0.15, 0.2) is 0 Å². The van der Waals surface area contributed by atoms with Crippen LogP contribution in [0.15, 0.2) is 53.6 Å². The van der Waals surface area contributed by atoms with E-state index in [1.807, 2.05) is 6.07 Å².